The zero-order valence-electron chi connectivity index (χ0n) is 9.55. The Morgan fingerprint density at radius 1 is 1.39 bits per heavy atom. The SMILES string of the molecule is Cc1cnc(CNS(=O)(=O)c2ccccc2F)o1. The maximum absolute atomic E-state index is 13.4. The first-order chi connectivity index (χ1) is 8.49. The summed E-state index contributed by atoms with van der Waals surface area (Å²) in [5.41, 5.74) is 0. The van der Waals surface area contributed by atoms with E-state index in [0.717, 1.165) is 6.07 Å². The molecule has 18 heavy (non-hydrogen) atoms. The second-order valence-electron chi connectivity index (χ2n) is 3.62. The number of hydrogen-bond acceptors (Lipinski definition) is 4. The Labute approximate surface area is 104 Å². The minimum absolute atomic E-state index is 0.121. The van der Waals surface area contributed by atoms with E-state index in [1.54, 1.807) is 6.92 Å². The second kappa shape index (κ2) is 4.87. The van der Waals surface area contributed by atoms with E-state index in [-0.39, 0.29) is 12.4 Å². The molecule has 96 valence electrons. The molecular weight excluding hydrogens is 259 g/mol. The zero-order chi connectivity index (χ0) is 13.2. The molecule has 0 fully saturated rings. The quantitative estimate of drug-likeness (QED) is 0.916. The van der Waals surface area contributed by atoms with Gasteiger partial charge in [0.05, 0.1) is 12.7 Å². The second-order valence-corrected chi connectivity index (χ2v) is 5.35. The largest absolute Gasteiger partial charge is 0.445 e. The lowest BCUT2D eigenvalue weighted by atomic mass is 10.4. The summed E-state index contributed by atoms with van der Waals surface area (Å²) in [6.07, 6.45) is 1.48. The predicted molar refractivity (Wildman–Crippen MR) is 61.7 cm³/mol. The summed E-state index contributed by atoms with van der Waals surface area (Å²) in [4.78, 5) is 3.45. The Morgan fingerprint density at radius 2 is 2.11 bits per heavy atom. The van der Waals surface area contributed by atoms with Gasteiger partial charge in [-0.1, -0.05) is 12.1 Å². The summed E-state index contributed by atoms with van der Waals surface area (Å²) in [6.45, 7) is 1.58. The maximum atomic E-state index is 13.4. The number of sulfonamides is 1. The first-order valence-corrected chi connectivity index (χ1v) is 6.63. The van der Waals surface area contributed by atoms with Gasteiger partial charge in [0.2, 0.25) is 15.9 Å². The number of nitrogens with one attached hydrogen (secondary N) is 1. The van der Waals surface area contributed by atoms with Gasteiger partial charge in [-0.05, 0) is 19.1 Å². The minimum Gasteiger partial charge on any atom is -0.445 e. The Kier molecular flexibility index (Phi) is 3.44. The van der Waals surface area contributed by atoms with Crippen LogP contribution in [0.3, 0.4) is 0 Å². The molecule has 1 heterocycles. The van der Waals surface area contributed by atoms with Gasteiger partial charge in [0, 0.05) is 0 Å². The molecule has 5 nitrogen and oxygen atoms in total. The van der Waals surface area contributed by atoms with Crippen LogP contribution in [0.25, 0.3) is 0 Å². The molecule has 0 atom stereocenters. The van der Waals surface area contributed by atoms with Gasteiger partial charge in [-0.2, -0.15) is 0 Å². The number of oxazole rings is 1. The molecule has 2 rings (SSSR count). The third kappa shape index (κ3) is 2.74. The van der Waals surface area contributed by atoms with E-state index in [0.29, 0.717) is 5.76 Å². The summed E-state index contributed by atoms with van der Waals surface area (Å²) in [5, 5.41) is 0. The van der Waals surface area contributed by atoms with Crippen molar-refractivity contribution in [3.05, 3.63) is 47.9 Å². The van der Waals surface area contributed by atoms with Crippen molar-refractivity contribution in [3.8, 4) is 0 Å². The molecule has 0 bridgehead atoms. The summed E-state index contributed by atoms with van der Waals surface area (Å²) in [5.74, 6) is 0.0103. The molecule has 7 heteroatoms. The molecule has 0 aliphatic heterocycles. The van der Waals surface area contributed by atoms with Crippen LogP contribution in [0.2, 0.25) is 0 Å². The number of halogens is 1. The molecule has 0 aliphatic rings. The normalized spacial score (nSPS) is 11.7. The van der Waals surface area contributed by atoms with E-state index >= 15 is 0 Å². The van der Waals surface area contributed by atoms with Crippen LogP contribution in [0.1, 0.15) is 11.7 Å². The summed E-state index contributed by atoms with van der Waals surface area (Å²) >= 11 is 0. The van der Waals surface area contributed by atoms with Crippen molar-refractivity contribution < 1.29 is 17.2 Å². The zero-order valence-corrected chi connectivity index (χ0v) is 10.4. The third-order valence-corrected chi connectivity index (χ3v) is 3.64. The molecule has 0 aliphatic carbocycles. The number of hydrogen-bond donors (Lipinski definition) is 1. The van der Waals surface area contributed by atoms with E-state index in [2.05, 4.69) is 9.71 Å². The van der Waals surface area contributed by atoms with Crippen LogP contribution in [-0.2, 0) is 16.6 Å². The smallest absolute Gasteiger partial charge is 0.243 e. The average Bonchev–Trinajstić information content (AvgIpc) is 2.73. The average molecular weight is 270 g/mol. The van der Waals surface area contributed by atoms with Crippen LogP contribution in [0.5, 0.6) is 0 Å². The van der Waals surface area contributed by atoms with Gasteiger partial charge in [0.1, 0.15) is 16.5 Å². The van der Waals surface area contributed by atoms with Crippen LogP contribution >= 0.6 is 0 Å². The highest BCUT2D eigenvalue weighted by molar-refractivity contribution is 7.89. The number of nitrogens with zero attached hydrogens (tertiary/aromatic N) is 1. The van der Waals surface area contributed by atoms with Gasteiger partial charge in [0.25, 0.3) is 0 Å². The van der Waals surface area contributed by atoms with Crippen LogP contribution in [0, 0.1) is 12.7 Å². The first-order valence-electron chi connectivity index (χ1n) is 5.14. The molecule has 0 amide bonds. The van der Waals surface area contributed by atoms with Crippen molar-refractivity contribution in [2.45, 2.75) is 18.4 Å². The molecule has 2 aromatic rings. The number of benzene rings is 1. The molecule has 0 spiro atoms. The lowest BCUT2D eigenvalue weighted by molar-refractivity contribution is 0.462. The van der Waals surface area contributed by atoms with Gasteiger partial charge < -0.3 is 4.42 Å². The topological polar surface area (TPSA) is 72.2 Å². The molecular formula is C11H11FN2O3S. The highest BCUT2D eigenvalue weighted by Gasteiger charge is 2.18. The first kappa shape index (κ1) is 12.7. The fraction of sp³-hybridized carbons (Fsp3) is 0.182. The van der Waals surface area contributed by atoms with Crippen molar-refractivity contribution in [1.29, 1.82) is 0 Å². The summed E-state index contributed by atoms with van der Waals surface area (Å²) in [6, 6.07) is 5.15. The van der Waals surface area contributed by atoms with Crippen molar-refractivity contribution >= 4 is 10.0 Å². The van der Waals surface area contributed by atoms with Gasteiger partial charge in [-0.15, -0.1) is 0 Å². The van der Waals surface area contributed by atoms with Crippen molar-refractivity contribution in [3.63, 3.8) is 0 Å². The number of aryl methyl sites for hydroxylation is 1. The van der Waals surface area contributed by atoms with Gasteiger partial charge in [-0.3, -0.25) is 0 Å². The lowest BCUT2D eigenvalue weighted by Crippen LogP contribution is -2.24. The van der Waals surface area contributed by atoms with E-state index < -0.39 is 20.7 Å². The Balaban J connectivity index is 2.16. The van der Waals surface area contributed by atoms with Gasteiger partial charge in [-0.25, -0.2) is 22.5 Å². The van der Waals surface area contributed by atoms with Gasteiger partial charge >= 0.3 is 0 Å². The highest BCUT2D eigenvalue weighted by Crippen LogP contribution is 2.13. The molecule has 1 aromatic carbocycles. The van der Waals surface area contributed by atoms with E-state index in [1.807, 2.05) is 0 Å². The van der Waals surface area contributed by atoms with Crippen molar-refractivity contribution in [1.82, 2.24) is 9.71 Å². The Hall–Kier alpha value is -1.73. The summed E-state index contributed by atoms with van der Waals surface area (Å²) < 4.78 is 44.3. The lowest BCUT2D eigenvalue weighted by Gasteiger charge is -2.05. The van der Waals surface area contributed by atoms with Gasteiger partial charge in [0.15, 0.2) is 0 Å². The van der Waals surface area contributed by atoms with Crippen LogP contribution in [0.4, 0.5) is 4.39 Å². The van der Waals surface area contributed by atoms with Crippen LogP contribution in [0.15, 0.2) is 39.8 Å². The Morgan fingerprint density at radius 3 is 2.72 bits per heavy atom. The fourth-order valence-electron chi connectivity index (χ4n) is 1.38. The predicted octanol–water partition coefficient (Wildman–Crippen LogP) is 1.60. The molecule has 0 radical (unpaired) electrons. The monoisotopic (exact) mass is 270 g/mol. The third-order valence-electron chi connectivity index (χ3n) is 2.21. The molecule has 1 N–H and O–H groups in total. The summed E-state index contributed by atoms with van der Waals surface area (Å²) in [7, 11) is -3.90. The van der Waals surface area contributed by atoms with Crippen LogP contribution < -0.4 is 4.72 Å². The maximum Gasteiger partial charge on any atom is 0.243 e. The van der Waals surface area contributed by atoms with Crippen molar-refractivity contribution in [2.75, 3.05) is 0 Å². The molecule has 0 saturated heterocycles. The fourth-order valence-corrected chi connectivity index (χ4v) is 2.43. The van der Waals surface area contributed by atoms with Crippen molar-refractivity contribution in [2.24, 2.45) is 0 Å². The standard InChI is InChI=1S/C11H11FN2O3S/c1-8-6-13-11(17-8)7-14-18(15,16)10-5-3-2-4-9(10)12/h2-6,14H,7H2,1H3. The minimum atomic E-state index is -3.90. The number of aromatic nitrogens is 1. The molecule has 0 saturated carbocycles. The van der Waals surface area contributed by atoms with E-state index in [4.69, 9.17) is 4.42 Å². The van der Waals surface area contributed by atoms with E-state index in [1.165, 1.54) is 24.4 Å². The Bertz CT molecular complexity index is 652. The van der Waals surface area contributed by atoms with E-state index in [9.17, 15) is 12.8 Å². The van der Waals surface area contributed by atoms with Crippen LogP contribution in [-0.4, -0.2) is 13.4 Å². The molecule has 0 unspecified atom stereocenters. The molecule has 1 aromatic heterocycles. The number of rotatable bonds is 4. The highest BCUT2D eigenvalue weighted by atomic mass is 32.2.